The normalized spacial score (nSPS) is 14.2. The number of benzene rings is 1. The highest BCUT2D eigenvalue weighted by molar-refractivity contribution is 5.77. The Bertz CT molecular complexity index is 984. The second-order valence-electron chi connectivity index (χ2n) is 6.41. The molecule has 7 nitrogen and oxygen atoms in total. The van der Waals surface area contributed by atoms with Crippen LogP contribution < -0.4 is 11.0 Å². The number of fused-ring (bicyclic) bond motifs is 1. The molecule has 27 heavy (non-hydrogen) atoms. The van der Waals surface area contributed by atoms with Gasteiger partial charge in [-0.2, -0.15) is 5.10 Å². The number of pyridine rings is 1. The summed E-state index contributed by atoms with van der Waals surface area (Å²) in [6.07, 6.45) is 4.02. The number of aromatic amines is 1. The molecule has 2 N–H and O–H groups in total. The third-order valence-corrected chi connectivity index (χ3v) is 4.45. The van der Waals surface area contributed by atoms with Gasteiger partial charge in [-0.15, -0.1) is 0 Å². The predicted molar refractivity (Wildman–Crippen MR) is 105 cm³/mol. The Kier molecular flexibility index (Phi) is 5.02. The van der Waals surface area contributed by atoms with Crippen molar-refractivity contribution in [3.05, 3.63) is 87.6 Å². The number of aromatic nitrogens is 3. The van der Waals surface area contributed by atoms with Crippen LogP contribution in [0.25, 0.3) is 0 Å². The maximum Gasteiger partial charge on any atom is 0.257 e. The van der Waals surface area contributed by atoms with Crippen molar-refractivity contribution in [1.29, 1.82) is 0 Å². The molecule has 0 spiro atoms. The summed E-state index contributed by atoms with van der Waals surface area (Å²) < 4.78 is 0. The summed E-state index contributed by atoms with van der Waals surface area (Å²) in [5.41, 5.74) is 6.20. The van der Waals surface area contributed by atoms with E-state index in [9.17, 15) is 4.79 Å². The minimum atomic E-state index is -0.117. The lowest BCUT2D eigenvalue weighted by atomic mass is 10.1. The molecule has 0 bridgehead atoms. The maximum atomic E-state index is 12.5. The Hall–Kier alpha value is -3.32. The van der Waals surface area contributed by atoms with Crippen LogP contribution in [-0.4, -0.2) is 32.6 Å². The van der Waals surface area contributed by atoms with E-state index in [1.54, 1.807) is 12.4 Å². The molecule has 0 fully saturated rings. The molecule has 0 saturated heterocycles. The zero-order valence-electron chi connectivity index (χ0n) is 14.8. The van der Waals surface area contributed by atoms with Crippen molar-refractivity contribution >= 4 is 12.2 Å². The van der Waals surface area contributed by atoms with Gasteiger partial charge >= 0.3 is 0 Å². The summed E-state index contributed by atoms with van der Waals surface area (Å²) in [5, 5.41) is 4.09. The molecule has 1 aliphatic heterocycles. The summed E-state index contributed by atoms with van der Waals surface area (Å²) in [7, 11) is 0. The number of nitrogens with zero attached hydrogens (tertiary/aromatic N) is 4. The largest absolute Gasteiger partial charge is 0.294 e. The standard InChI is InChI=1S/C20H20N6O/c27-19-17-14-26(13-15-6-2-1-3-7-15)11-9-18(17)23-20(24-19)25-22-12-16-8-4-5-10-21-16/h1-8,10,12H,9,11,13-14H2,(H2,23,24,25,27)/b22-12-. The number of rotatable bonds is 5. The summed E-state index contributed by atoms with van der Waals surface area (Å²) in [4.78, 5) is 26.2. The molecule has 0 radical (unpaired) electrons. The molecule has 0 atom stereocenters. The predicted octanol–water partition coefficient (Wildman–Crippen LogP) is 2.17. The van der Waals surface area contributed by atoms with E-state index in [4.69, 9.17) is 0 Å². The van der Waals surface area contributed by atoms with Crippen LogP contribution in [0.4, 0.5) is 5.95 Å². The van der Waals surface area contributed by atoms with Gasteiger partial charge in [-0.25, -0.2) is 10.4 Å². The molecule has 0 unspecified atom stereocenters. The van der Waals surface area contributed by atoms with E-state index in [2.05, 4.69) is 42.5 Å². The molecule has 3 aromatic rings. The second-order valence-corrected chi connectivity index (χ2v) is 6.41. The smallest absolute Gasteiger partial charge is 0.257 e. The highest BCUT2D eigenvalue weighted by Gasteiger charge is 2.21. The Morgan fingerprint density at radius 3 is 2.85 bits per heavy atom. The number of hydrazone groups is 1. The monoisotopic (exact) mass is 360 g/mol. The topological polar surface area (TPSA) is 86.3 Å². The zero-order valence-corrected chi connectivity index (χ0v) is 14.8. The SMILES string of the molecule is O=c1[nH]c(N/N=C\c2ccccn2)nc2c1CN(Cc1ccccc1)CC2. The van der Waals surface area contributed by atoms with E-state index < -0.39 is 0 Å². The van der Waals surface area contributed by atoms with E-state index in [0.717, 1.165) is 36.5 Å². The van der Waals surface area contributed by atoms with Crippen LogP contribution in [-0.2, 0) is 19.5 Å². The van der Waals surface area contributed by atoms with E-state index >= 15 is 0 Å². The van der Waals surface area contributed by atoms with Gasteiger partial charge in [-0.1, -0.05) is 36.4 Å². The molecule has 7 heteroatoms. The summed E-state index contributed by atoms with van der Waals surface area (Å²) in [6.45, 7) is 2.30. The van der Waals surface area contributed by atoms with Crippen molar-refractivity contribution in [2.75, 3.05) is 12.0 Å². The molecule has 4 rings (SSSR count). The fourth-order valence-corrected chi connectivity index (χ4v) is 3.12. The fraction of sp³-hybridized carbons (Fsp3) is 0.200. The average Bonchev–Trinajstić information content (AvgIpc) is 2.70. The number of anilines is 1. The third-order valence-electron chi connectivity index (χ3n) is 4.45. The van der Waals surface area contributed by atoms with E-state index in [-0.39, 0.29) is 5.56 Å². The lowest BCUT2D eigenvalue weighted by Crippen LogP contribution is -2.35. The van der Waals surface area contributed by atoms with Crippen LogP contribution in [0.5, 0.6) is 0 Å². The highest BCUT2D eigenvalue weighted by atomic mass is 16.1. The third kappa shape index (κ3) is 4.27. The molecule has 0 aliphatic carbocycles. The van der Waals surface area contributed by atoms with Crippen LogP contribution in [0.3, 0.4) is 0 Å². The molecule has 2 aromatic heterocycles. The second kappa shape index (κ2) is 7.92. The first-order valence-corrected chi connectivity index (χ1v) is 8.86. The van der Waals surface area contributed by atoms with Gasteiger partial charge in [0.15, 0.2) is 0 Å². The van der Waals surface area contributed by atoms with E-state index in [1.165, 1.54) is 5.56 Å². The highest BCUT2D eigenvalue weighted by Crippen LogP contribution is 2.17. The summed E-state index contributed by atoms with van der Waals surface area (Å²) >= 11 is 0. The molecule has 136 valence electrons. The lowest BCUT2D eigenvalue weighted by Gasteiger charge is -2.27. The van der Waals surface area contributed by atoms with Gasteiger partial charge in [-0.05, 0) is 17.7 Å². The van der Waals surface area contributed by atoms with Crippen molar-refractivity contribution < 1.29 is 0 Å². The van der Waals surface area contributed by atoms with Gasteiger partial charge in [0, 0.05) is 32.3 Å². The van der Waals surface area contributed by atoms with Crippen LogP contribution in [0.1, 0.15) is 22.5 Å². The molecule has 0 saturated carbocycles. The van der Waals surface area contributed by atoms with Crippen LogP contribution >= 0.6 is 0 Å². The first kappa shape index (κ1) is 17.1. The molecule has 3 heterocycles. The zero-order chi connectivity index (χ0) is 18.5. The van der Waals surface area contributed by atoms with Crippen LogP contribution in [0.15, 0.2) is 64.6 Å². The van der Waals surface area contributed by atoms with Crippen molar-refractivity contribution in [3.63, 3.8) is 0 Å². The Morgan fingerprint density at radius 2 is 2.04 bits per heavy atom. The first-order chi connectivity index (χ1) is 13.3. The summed E-state index contributed by atoms with van der Waals surface area (Å²) in [5.74, 6) is 0.349. The van der Waals surface area contributed by atoms with Crippen molar-refractivity contribution in [2.45, 2.75) is 19.5 Å². The lowest BCUT2D eigenvalue weighted by molar-refractivity contribution is 0.242. The van der Waals surface area contributed by atoms with Crippen molar-refractivity contribution in [3.8, 4) is 0 Å². The Labute approximate surface area is 156 Å². The Morgan fingerprint density at radius 1 is 1.19 bits per heavy atom. The minimum absolute atomic E-state index is 0.117. The fourth-order valence-electron chi connectivity index (χ4n) is 3.12. The number of nitrogens with one attached hydrogen (secondary N) is 2. The molecular weight excluding hydrogens is 340 g/mol. The summed E-state index contributed by atoms with van der Waals surface area (Å²) in [6, 6.07) is 15.8. The molecular formula is C20H20N6O. The van der Waals surface area contributed by atoms with Gasteiger partial charge in [0.2, 0.25) is 5.95 Å². The van der Waals surface area contributed by atoms with E-state index in [1.807, 2.05) is 36.4 Å². The quantitative estimate of drug-likeness (QED) is 0.538. The van der Waals surface area contributed by atoms with Gasteiger partial charge in [-0.3, -0.25) is 19.7 Å². The van der Waals surface area contributed by atoms with Gasteiger partial charge in [0.05, 0.1) is 23.2 Å². The number of hydrogen-bond acceptors (Lipinski definition) is 6. The maximum absolute atomic E-state index is 12.5. The Balaban J connectivity index is 1.45. The van der Waals surface area contributed by atoms with Crippen LogP contribution in [0, 0.1) is 0 Å². The molecule has 1 aromatic carbocycles. The van der Waals surface area contributed by atoms with E-state index in [0.29, 0.717) is 12.5 Å². The van der Waals surface area contributed by atoms with Gasteiger partial charge in [0.1, 0.15) is 0 Å². The number of H-pyrrole nitrogens is 1. The van der Waals surface area contributed by atoms with Crippen LogP contribution in [0.2, 0.25) is 0 Å². The van der Waals surface area contributed by atoms with Gasteiger partial charge in [0.25, 0.3) is 5.56 Å². The first-order valence-electron chi connectivity index (χ1n) is 8.86. The van der Waals surface area contributed by atoms with Gasteiger partial charge < -0.3 is 0 Å². The molecule has 1 aliphatic rings. The van der Waals surface area contributed by atoms with Crippen molar-refractivity contribution in [1.82, 2.24) is 19.9 Å². The minimum Gasteiger partial charge on any atom is -0.294 e. The average molecular weight is 360 g/mol. The van der Waals surface area contributed by atoms with Crippen molar-refractivity contribution in [2.24, 2.45) is 5.10 Å². The number of hydrogen-bond donors (Lipinski definition) is 2. The molecule has 0 amide bonds.